The van der Waals surface area contributed by atoms with E-state index >= 15 is 0 Å². The Morgan fingerprint density at radius 2 is 0.500 bits per heavy atom. The van der Waals surface area contributed by atoms with Gasteiger partial charge in [-0.1, -0.05) is 286 Å². The fourth-order valence-corrected chi connectivity index (χ4v) is 9.58. The van der Waals surface area contributed by atoms with Gasteiger partial charge in [-0.15, -0.1) is 0 Å². The molecule has 0 saturated heterocycles. The fraction of sp³-hybridized carbons (Fsp3) is 0.764. The lowest BCUT2D eigenvalue weighted by Crippen LogP contribution is -2.30. The van der Waals surface area contributed by atoms with Gasteiger partial charge in [0.15, 0.2) is 6.10 Å². The minimum absolute atomic E-state index is 0.0829. The highest BCUT2D eigenvalue weighted by Gasteiger charge is 2.19. The van der Waals surface area contributed by atoms with E-state index in [4.69, 9.17) is 14.2 Å². The molecule has 0 bridgehead atoms. The van der Waals surface area contributed by atoms with Crippen LogP contribution in [0.25, 0.3) is 0 Å². The maximum absolute atomic E-state index is 12.9. The molecule has 1 unspecified atom stereocenters. The standard InChI is InChI=1S/C72H126O6/c1-4-7-10-13-16-19-22-25-27-29-31-32-33-34-35-36-37-38-39-40-42-43-45-47-50-53-56-59-62-65-71(74)77-68-69(67-76-70(73)64-61-58-55-52-49-24-21-18-15-12-9-6-3)78-72(75)66-63-60-57-54-51-48-46-44-41-30-28-26-23-20-17-14-11-8-5-2/h8,11,17-18,20-22,25-26,28-29,31,41,44,69H,4-7,9-10,12-16,19,23-24,27,30,32-40,42-43,45-68H2,1-3H3/b11-8-,20-17-,21-18-,25-22-,28-26-,31-29-,44-41-. The number of allylic oxidation sites excluding steroid dienone is 14. The summed E-state index contributed by atoms with van der Waals surface area (Å²) in [6, 6.07) is 0. The predicted molar refractivity (Wildman–Crippen MR) is 339 cm³/mol. The number of ether oxygens (including phenoxy) is 3. The molecule has 0 aromatic heterocycles. The van der Waals surface area contributed by atoms with E-state index in [1.807, 2.05) is 0 Å². The molecule has 0 aliphatic rings. The lowest BCUT2D eigenvalue weighted by atomic mass is 10.0. The van der Waals surface area contributed by atoms with Crippen molar-refractivity contribution in [2.75, 3.05) is 13.2 Å². The zero-order chi connectivity index (χ0) is 56.4. The third-order valence-corrected chi connectivity index (χ3v) is 14.6. The van der Waals surface area contributed by atoms with Gasteiger partial charge in [-0.05, 0) is 116 Å². The van der Waals surface area contributed by atoms with Crippen molar-refractivity contribution < 1.29 is 28.6 Å². The van der Waals surface area contributed by atoms with Crippen LogP contribution in [0.15, 0.2) is 85.1 Å². The van der Waals surface area contributed by atoms with Gasteiger partial charge < -0.3 is 14.2 Å². The third kappa shape index (κ3) is 63.4. The second kappa shape index (κ2) is 66.1. The van der Waals surface area contributed by atoms with Crippen molar-refractivity contribution in [3.05, 3.63) is 85.1 Å². The number of esters is 3. The minimum Gasteiger partial charge on any atom is -0.462 e. The molecule has 6 heteroatoms. The van der Waals surface area contributed by atoms with Crippen LogP contribution in [0.4, 0.5) is 0 Å². The SMILES string of the molecule is CC/C=C\C/C=C\C/C=C\C/C=C\CCCCCCCCC(=O)OC(COC(=O)CCCCCCC/C=C\CCCCC)COC(=O)CCCCCCCCCCCCCCCCCCC/C=C\C/C=C\CCCCCCC. The lowest BCUT2D eigenvalue weighted by Gasteiger charge is -2.18. The third-order valence-electron chi connectivity index (χ3n) is 14.6. The number of hydrogen-bond acceptors (Lipinski definition) is 6. The second-order valence-corrected chi connectivity index (χ2v) is 22.3. The first-order valence-electron chi connectivity index (χ1n) is 33.6. The van der Waals surface area contributed by atoms with Crippen LogP contribution >= 0.6 is 0 Å². The Labute approximate surface area is 484 Å². The van der Waals surface area contributed by atoms with Gasteiger partial charge >= 0.3 is 17.9 Å². The van der Waals surface area contributed by atoms with Gasteiger partial charge in [-0.3, -0.25) is 14.4 Å². The van der Waals surface area contributed by atoms with Gasteiger partial charge in [0.1, 0.15) is 13.2 Å². The Balaban J connectivity index is 4.23. The van der Waals surface area contributed by atoms with Crippen LogP contribution in [0.3, 0.4) is 0 Å². The Bertz CT molecular complexity index is 1480. The van der Waals surface area contributed by atoms with Crippen molar-refractivity contribution >= 4 is 17.9 Å². The van der Waals surface area contributed by atoms with Crippen LogP contribution in [-0.2, 0) is 28.6 Å². The van der Waals surface area contributed by atoms with E-state index in [1.54, 1.807) is 0 Å². The summed E-state index contributed by atoms with van der Waals surface area (Å²) in [7, 11) is 0. The zero-order valence-electron chi connectivity index (χ0n) is 51.7. The summed E-state index contributed by atoms with van der Waals surface area (Å²) in [5.41, 5.74) is 0. The number of unbranched alkanes of at least 4 members (excludes halogenated alkanes) is 36. The van der Waals surface area contributed by atoms with Crippen LogP contribution in [0.5, 0.6) is 0 Å². The van der Waals surface area contributed by atoms with Crippen molar-refractivity contribution in [2.24, 2.45) is 0 Å². The Morgan fingerprint density at radius 1 is 0.269 bits per heavy atom. The van der Waals surface area contributed by atoms with Crippen molar-refractivity contribution in [3.63, 3.8) is 0 Å². The van der Waals surface area contributed by atoms with E-state index in [-0.39, 0.29) is 31.1 Å². The first kappa shape index (κ1) is 74.6. The number of carbonyl (C=O) groups is 3. The highest BCUT2D eigenvalue weighted by molar-refractivity contribution is 5.71. The first-order valence-corrected chi connectivity index (χ1v) is 33.6. The molecule has 0 aromatic carbocycles. The Hall–Kier alpha value is -3.41. The van der Waals surface area contributed by atoms with Gasteiger partial charge in [0.2, 0.25) is 0 Å². The van der Waals surface area contributed by atoms with E-state index in [0.29, 0.717) is 19.3 Å². The molecule has 78 heavy (non-hydrogen) atoms. The van der Waals surface area contributed by atoms with Crippen LogP contribution in [0.1, 0.15) is 335 Å². The van der Waals surface area contributed by atoms with E-state index in [9.17, 15) is 14.4 Å². The first-order chi connectivity index (χ1) is 38.5. The molecule has 0 radical (unpaired) electrons. The summed E-state index contributed by atoms with van der Waals surface area (Å²) in [5, 5.41) is 0. The molecule has 0 aliphatic heterocycles. The monoisotopic (exact) mass is 1090 g/mol. The maximum atomic E-state index is 12.9. The number of hydrogen-bond donors (Lipinski definition) is 0. The molecule has 0 N–H and O–H groups in total. The molecule has 6 nitrogen and oxygen atoms in total. The van der Waals surface area contributed by atoms with Crippen LogP contribution in [-0.4, -0.2) is 37.2 Å². The van der Waals surface area contributed by atoms with E-state index in [0.717, 1.165) is 109 Å². The highest BCUT2D eigenvalue weighted by Crippen LogP contribution is 2.17. The normalized spacial score (nSPS) is 12.6. The van der Waals surface area contributed by atoms with Crippen LogP contribution in [0, 0.1) is 0 Å². The molecule has 0 saturated carbocycles. The topological polar surface area (TPSA) is 78.9 Å². The zero-order valence-corrected chi connectivity index (χ0v) is 51.7. The molecular formula is C72H126O6. The average Bonchev–Trinajstić information content (AvgIpc) is 3.44. The van der Waals surface area contributed by atoms with E-state index in [2.05, 4.69) is 106 Å². The van der Waals surface area contributed by atoms with Gasteiger partial charge in [0.25, 0.3) is 0 Å². The fourth-order valence-electron chi connectivity index (χ4n) is 9.58. The minimum atomic E-state index is -0.788. The molecular weight excluding hydrogens is 961 g/mol. The van der Waals surface area contributed by atoms with Crippen LogP contribution < -0.4 is 0 Å². The van der Waals surface area contributed by atoms with Crippen molar-refractivity contribution in [2.45, 2.75) is 341 Å². The van der Waals surface area contributed by atoms with Gasteiger partial charge in [-0.25, -0.2) is 0 Å². The molecule has 450 valence electrons. The molecule has 0 rings (SSSR count). The van der Waals surface area contributed by atoms with Gasteiger partial charge in [-0.2, -0.15) is 0 Å². The van der Waals surface area contributed by atoms with Crippen molar-refractivity contribution in [3.8, 4) is 0 Å². The van der Waals surface area contributed by atoms with Crippen molar-refractivity contribution in [1.29, 1.82) is 0 Å². The Morgan fingerprint density at radius 3 is 0.821 bits per heavy atom. The molecule has 0 heterocycles. The number of rotatable bonds is 61. The maximum Gasteiger partial charge on any atom is 0.306 e. The van der Waals surface area contributed by atoms with Gasteiger partial charge in [0, 0.05) is 19.3 Å². The second-order valence-electron chi connectivity index (χ2n) is 22.3. The molecule has 0 aromatic rings. The van der Waals surface area contributed by atoms with E-state index in [1.165, 1.54) is 186 Å². The summed E-state index contributed by atoms with van der Waals surface area (Å²) >= 11 is 0. The van der Waals surface area contributed by atoms with Crippen molar-refractivity contribution in [1.82, 2.24) is 0 Å². The summed E-state index contributed by atoms with van der Waals surface area (Å²) in [6.07, 6.45) is 87.5. The average molecular weight is 1090 g/mol. The number of carbonyl (C=O) groups excluding carboxylic acids is 3. The molecule has 0 fully saturated rings. The quantitative estimate of drug-likeness (QED) is 0.0261. The summed E-state index contributed by atoms with van der Waals surface area (Å²) in [6.45, 7) is 6.51. The van der Waals surface area contributed by atoms with Gasteiger partial charge in [0.05, 0.1) is 0 Å². The molecule has 0 aliphatic carbocycles. The molecule has 0 spiro atoms. The van der Waals surface area contributed by atoms with E-state index < -0.39 is 6.10 Å². The smallest absolute Gasteiger partial charge is 0.306 e. The largest absolute Gasteiger partial charge is 0.462 e. The highest BCUT2D eigenvalue weighted by atomic mass is 16.6. The predicted octanol–water partition coefficient (Wildman–Crippen LogP) is 23.1. The van der Waals surface area contributed by atoms with Crippen LogP contribution in [0.2, 0.25) is 0 Å². The molecule has 1 atom stereocenters. The Kier molecular flexibility index (Phi) is 63.2. The summed E-state index contributed by atoms with van der Waals surface area (Å²) < 4.78 is 16.9. The lowest BCUT2D eigenvalue weighted by molar-refractivity contribution is -0.167. The molecule has 0 amide bonds. The summed E-state index contributed by atoms with van der Waals surface area (Å²) in [5.74, 6) is -0.893. The summed E-state index contributed by atoms with van der Waals surface area (Å²) in [4.78, 5) is 38.3.